The number of unbranched alkanes of at least 4 members (excludes halogenated alkanes) is 6. The summed E-state index contributed by atoms with van der Waals surface area (Å²) >= 11 is 6.30. The van der Waals surface area contributed by atoms with Gasteiger partial charge in [-0.1, -0.05) is 32.1 Å². The maximum Gasteiger partial charge on any atom is 0.178 e. The minimum Gasteiger partial charge on any atom is -0.207 e. The molecular weight excluding hydrogens is 513 g/mol. The molecule has 35 heavy (non-hydrogen) atoms. The molecule has 0 fully saturated rings. The fraction of sp³-hybridized carbons (Fsp3) is 0.440. The molecule has 4 aromatic heterocycles. The van der Waals surface area contributed by atoms with Gasteiger partial charge in [0.05, 0.1) is 34.6 Å². The maximum atomic E-state index is 4.52. The summed E-state index contributed by atoms with van der Waals surface area (Å²) in [5, 5.41) is 2.14. The molecule has 0 amide bonds. The Morgan fingerprint density at radius 2 is 1.06 bits per heavy atom. The van der Waals surface area contributed by atoms with Gasteiger partial charge in [0.2, 0.25) is 0 Å². The van der Waals surface area contributed by atoms with Crippen molar-refractivity contribution in [2.45, 2.75) is 55.0 Å². The van der Waals surface area contributed by atoms with E-state index in [-0.39, 0.29) is 0 Å². The van der Waals surface area contributed by atoms with Gasteiger partial charge in [-0.05, 0) is 36.5 Å². The molecule has 0 unspecified atom stereocenters. The van der Waals surface area contributed by atoms with Crippen molar-refractivity contribution < 1.29 is 9.13 Å². The molecule has 4 rings (SSSR count). The first-order valence-corrected chi connectivity index (χ1v) is 15.5. The first kappa shape index (κ1) is 26.2. The number of thioether (sulfide) groups is 2. The highest BCUT2D eigenvalue weighted by Crippen LogP contribution is 2.31. The highest BCUT2D eigenvalue weighted by molar-refractivity contribution is 7.99. The number of aromatic nitrogens is 6. The lowest BCUT2D eigenvalue weighted by Crippen LogP contribution is -2.26. The molecule has 0 bridgehead atoms. The summed E-state index contributed by atoms with van der Waals surface area (Å²) in [4.78, 5) is 0. The summed E-state index contributed by atoms with van der Waals surface area (Å²) in [5.74, 6) is 2.22. The minimum atomic E-state index is 1.02. The van der Waals surface area contributed by atoms with E-state index >= 15 is 0 Å². The standard InChI is InChI=1S/C25H32N6S4/c1-30-14-10-12-20(18-30)22-24(28-34-26-22)32-16-8-6-4-3-5-7-9-17-33-25-23(27-35-29-25)21-13-11-15-31(2)19-21/h10-15,18-19H,3-9,16-17H2,1-2H3/q+2. The summed E-state index contributed by atoms with van der Waals surface area (Å²) < 4.78 is 22.2. The van der Waals surface area contributed by atoms with Crippen LogP contribution in [0.5, 0.6) is 0 Å². The third-order valence-electron chi connectivity index (χ3n) is 5.61. The molecule has 0 radical (unpaired) electrons. The molecule has 0 N–H and O–H groups in total. The summed E-state index contributed by atoms with van der Waals surface area (Å²) in [6.07, 6.45) is 17.3. The molecule has 6 nitrogen and oxygen atoms in total. The van der Waals surface area contributed by atoms with Gasteiger partial charge >= 0.3 is 0 Å². The van der Waals surface area contributed by atoms with E-state index in [0.29, 0.717) is 0 Å². The van der Waals surface area contributed by atoms with Gasteiger partial charge in [0.25, 0.3) is 0 Å². The summed E-state index contributed by atoms with van der Waals surface area (Å²) in [7, 11) is 4.07. The molecule has 0 atom stereocenters. The number of hydrogen-bond donors (Lipinski definition) is 0. The second kappa shape index (κ2) is 14.0. The second-order valence-corrected chi connectivity index (χ2v) is 11.7. The molecule has 0 saturated carbocycles. The number of nitrogens with zero attached hydrogens (tertiary/aromatic N) is 6. The van der Waals surface area contributed by atoms with Crippen LogP contribution in [0, 0.1) is 0 Å². The quantitative estimate of drug-likeness (QED) is 0.110. The highest BCUT2D eigenvalue weighted by atomic mass is 32.2. The topological polar surface area (TPSA) is 59.3 Å². The van der Waals surface area contributed by atoms with Crippen LogP contribution >= 0.6 is 47.0 Å². The van der Waals surface area contributed by atoms with E-state index in [9.17, 15) is 0 Å². The van der Waals surface area contributed by atoms with E-state index < -0.39 is 0 Å². The van der Waals surface area contributed by atoms with Crippen LogP contribution in [0.1, 0.15) is 44.9 Å². The molecule has 0 spiro atoms. The van der Waals surface area contributed by atoms with Crippen molar-refractivity contribution in [3.05, 3.63) is 49.1 Å². The smallest absolute Gasteiger partial charge is 0.178 e. The van der Waals surface area contributed by atoms with Gasteiger partial charge in [-0.2, -0.15) is 17.5 Å². The van der Waals surface area contributed by atoms with Gasteiger partial charge in [-0.15, -0.1) is 23.5 Å². The molecule has 10 heteroatoms. The molecule has 0 aliphatic rings. The lowest BCUT2D eigenvalue weighted by Gasteiger charge is -2.03. The Bertz CT molecular complexity index is 1100. The van der Waals surface area contributed by atoms with Crippen molar-refractivity contribution >= 4 is 47.0 Å². The molecule has 0 saturated heterocycles. The Morgan fingerprint density at radius 1 is 0.629 bits per heavy atom. The SMILES string of the molecule is C[n+]1cccc(-c2nsnc2SCCCCCCCCCSc2nsnc2-c2ccc[n+](C)c2)c1. The number of aryl methyl sites for hydroxylation is 2. The van der Waals surface area contributed by atoms with Gasteiger partial charge in [0.1, 0.15) is 35.5 Å². The van der Waals surface area contributed by atoms with Crippen molar-refractivity contribution in [3.8, 4) is 22.5 Å². The fourth-order valence-corrected chi connectivity index (χ4v) is 7.16. The van der Waals surface area contributed by atoms with Crippen molar-refractivity contribution in [1.29, 1.82) is 0 Å². The van der Waals surface area contributed by atoms with E-state index in [1.54, 1.807) is 0 Å². The highest BCUT2D eigenvalue weighted by Gasteiger charge is 2.14. The lowest BCUT2D eigenvalue weighted by molar-refractivity contribution is -0.671. The third-order valence-corrected chi connectivity index (χ3v) is 9.00. The van der Waals surface area contributed by atoms with Gasteiger partial charge in [-0.3, -0.25) is 0 Å². The molecule has 184 valence electrons. The van der Waals surface area contributed by atoms with Gasteiger partial charge in [-0.25, -0.2) is 9.13 Å². The molecular formula is C25H32N6S4+2. The minimum absolute atomic E-state index is 1.02. The predicted molar refractivity (Wildman–Crippen MR) is 147 cm³/mol. The molecule has 4 aromatic rings. The Hall–Kier alpha value is -1.88. The molecule has 0 aliphatic heterocycles. The zero-order chi connectivity index (χ0) is 24.3. The zero-order valence-corrected chi connectivity index (χ0v) is 23.6. The van der Waals surface area contributed by atoms with Crippen molar-refractivity contribution in [3.63, 3.8) is 0 Å². The largest absolute Gasteiger partial charge is 0.207 e. The Kier molecular flexibility index (Phi) is 10.5. The average Bonchev–Trinajstić information content (AvgIpc) is 3.52. The third kappa shape index (κ3) is 8.06. The number of hydrogen-bond acceptors (Lipinski definition) is 8. The zero-order valence-electron chi connectivity index (χ0n) is 20.3. The lowest BCUT2D eigenvalue weighted by atomic mass is 10.1. The summed E-state index contributed by atoms with van der Waals surface area (Å²) in [5.41, 5.74) is 4.32. The van der Waals surface area contributed by atoms with Crippen molar-refractivity contribution in [2.24, 2.45) is 14.1 Å². The van der Waals surface area contributed by atoms with E-state index in [1.807, 2.05) is 50.0 Å². The predicted octanol–water partition coefficient (Wildman–Crippen LogP) is 5.99. The maximum absolute atomic E-state index is 4.52. The van der Waals surface area contributed by atoms with Gasteiger partial charge < -0.3 is 0 Å². The monoisotopic (exact) mass is 544 g/mol. The second-order valence-electron chi connectivity index (χ2n) is 8.52. The van der Waals surface area contributed by atoms with E-state index in [2.05, 4.69) is 63.3 Å². The molecule has 4 heterocycles. The number of rotatable bonds is 14. The fourth-order valence-electron chi connectivity index (χ4n) is 3.78. The Morgan fingerprint density at radius 3 is 1.49 bits per heavy atom. The van der Waals surface area contributed by atoms with Crippen LogP contribution in [0.3, 0.4) is 0 Å². The Balaban J connectivity index is 1.05. The van der Waals surface area contributed by atoms with Crippen LogP contribution in [0.15, 0.2) is 59.1 Å². The van der Waals surface area contributed by atoms with E-state index in [0.717, 1.165) is 44.1 Å². The van der Waals surface area contributed by atoms with Crippen LogP contribution < -0.4 is 9.13 Å². The number of pyridine rings is 2. The van der Waals surface area contributed by atoms with Crippen LogP contribution in [-0.2, 0) is 14.1 Å². The van der Waals surface area contributed by atoms with Gasteiger partial charge in [0, 0.05) is 12.1 Å². The normalized spacial score (nSPS) is 11.3. The van der Waals surface area contributed by atoms with Crippen LogP contribution in [0.25, 0.3) is 22.5 Å². The molecule has 0 aliphatic carbocycles. The van der Waals surface area contributed by atoms with E-state index in [4.69, 9.17) is 0 Å². The van der Waals surface area contributed by atoms with Crippen LogP contribution in [0.2, 0.25) is 0 Å². The van der Waals surface area contributed by atoms with Crippen molar-refractivity contribution in [1.82, 2.24) is 17.5 Å². The van der Waals surface area contributed by atoms with E-state index in [1.165, 1.54) is 68.4 Å². The summed E-state index contributed by atoms with van der Waals surface area (Å²) in [6, 6.07) is 8.32. The average molecular weight is 545 g/mol. The van der Waals surface area contributed by atoms with Crippen LogP contribution in [0.4, 0.5) is 0 Å². The van der Waals surface area contributed by atoms with Gasteiger partial charge in [0.15, 0.2) is 24.8 Å². The first-order valence-electron chi connectivity index (χ1n) is 12.0. The Labute approximate surface area is 224 Å². The summed E-state index contributed by atoms with van der Waals surface area (Å²) in [6.45, 7) is 0. The van der Waals surface area contributed by atoms with Crippen molar-refractivity contribution in [2.75, 3.05) is 11.5 Å². The van der Waals surface area contributed by atoms with Crippen LogP contribution in [-0.4, -0.2) is 29.0 Å². The molecule has 0 aromatic carbocycles. The first-order chi connectivity index (χ1) is 17.2.